The quantitative estimate of drug-likeness (QED) is 0.650. The fraction of sp³-hybridized carbons (Fsp3) is 0.176. The summed E-state index contributed by atoms with van der Waals surface area (Å²) >= 11 is 1.56. The van der Waals surface area contributed by atoms with E-state index < -0.39 is 18.5 Å². The van der Waals surface area contributed by atoms with Gasteiger partial charge in [0, 0.05) is 10.6 Å². The molecule has 0 radical (unpaired) electrons. The molecule has 5 nitrogen and oxygen atoms in total. The molecule has 0 aliphatic rings. The van der Waals surface area contributed by atoms with Crippen LogP contribution in [0.1, 0.15) is 15.9 Å². The van der Waals surface area contributed by atoms with Crippen LogP contribution in [0.15, 0.2) is 47.4 Å². The molecule has 120 valence electrons. The van der Waals surface area contributed by atoms with Crippen molar-refractivity contribution in [2.75, 3.05) is 18.2 Å². The molecule has 0 aliphatic heterocycles. The number of carbonyl (C=O) groups excluding carboxylic acids is 2. The second kappa shape index (κ2) is 7.69. The smallest absolute Gasteiger partial charge is 0.342 e. The summed E-state index contributed by atoms with van der Waals surface area (Å²) in [6.07, 6.45) is 1.94. The molecule has 0 saturated carbocycles. The summed E-state index contributed by atoms with van der Waals surface area (Å²) in [7, 11) is 0. The number of rotatable bonds is 5. The third-order valence-electron chi connectivity index (χ3n) is 3.06. The minimum atomic E-state index is -0.740. The molecule has 0 unspecified atom stereocenters. The van der Waals surface area contributed by atoms with Gasteiger partial charge in [0.1, 0.15) is 11.3 Å². The van der Waals surface area contributed by atoms with Gasteiger partial charge in [-0.3, -0.25) is 4.79 Å². The van der Waals surface area contributed by atoms with Gasteiger partial charge in [0.05, 0.1) is 0 Å². The summed E-state index contributed by atoms with van der Waals surface area (Å²) in [6, 6.07) is 12.0. The minimum absolute atomic E-state index is 0.0350. The zero-order chi connectivity index (χ0) is 16.8. The predicted octanol–water partition coefficient (Wildman–Crippen LogP) is 3.22. The van der Waals surface area contributed by atoms with E-state index in [1.807, 2.05) is 24.5 Å². The average Bonchev–Trinajstić information content (AvgIpc) is 2.53. The van der Waals surface area contributed by atoms with E-state index in [-0.39, 0.29) is 11.3 Å². The first-order chi connectivity index (χ1) is 11.0. The highest BCUT2D eigenvalue weighted by Crippen LogP contribution is 2.20. The average molecular weight is 331 g/mol. The van der Waals surface area contributed by atoms with Crippen molar-refractivity contribution in [3.8, 4) is 5.75 Å². The minimum Gasteiger partial charge on any atom is -0.507 e. The summed E-state index contributed by atoms with van der Waals surface area (Å²) in [6.45, 7) is 1.38. The summed E-state index contributed by atoms with van der Waals surface area (Å²) in [5.74, 6) is -1.35. The van der Waals surface area contributed by atoms with Gasteiger partial charge in [0.25, 0.3) is 5.91 Å². The SMILES string of the molecule is CSc1cccc(NC(=O)COC(=O)c2ccc(C)cc2O)c1. The molecule has 0 spiro atoms. The van der Waals surface area contributed by atoms with E-state index in [0.29, 0.717) is 5.69 Å². The number of ether oxygens (including phenoxy) is 1. The Bertz CT molecular complexity index is 730. The van der Waals surface area contributed by atoms with Gasteiger partial charge in [-0.2, -0.15) is 0 Å². The van der Waals surface area contributed by atoms with Crippen LogP contribution in [-0.2, 0) is 9.53 Å². The number of thioether (sulfide) groups is 1. The largest absolute Gasteiger partial charge is 0.507 e. The van der Waals surface area contributed by atoms with Gasteiger partial charge in [-0.15, -0.1) is 11.8 Å². The second-order valence-electron chi connectivity index (χ2n) is 4.88. The van der Waals surface area contributed by atoms with Crippen molar-refractivity contribution in [2.24, 2.45) is 0 Å². The number of anilines is 1. The van der Waals surface area contributed by atoms with Crippen LogP contribution in [0.25, 0.3) is 0 Å². The number of phenolic OH excluding ortho intramolecular Hbond substituents is 1. The number of nitrogens with one attached hydrogen (secondary N) is 1. The molecule has 0 aromatic heterocycles. The predicted molar refractivity (Wildman–Crippen MR) is 90.0 cm³/mol. The van der Waals surface area contributed by atoms with Crippen molar-refractivity contribution in [1.29, 1.82) is 0 Å². The maximum Gasteiger partial charge on any atom is 0.342 e. The topological polar surface area (TPSA) is 75.6 Å². The number of esters is 1. The highest BCUT2D eigenvalue weighted by molar-refractivity contribution is 7.98. The molecule has 2 N–H and O–H groups in total. The number of carbonyl (C=O) groups is 2. The molecule has 0 atom stereocenters. The van der Waals surface area contributed by atoms with Crippen LogP contribution in [0.3, 0.4) is 0 Å². The lowest BCUT2D eigenvalue weighted by Crippen LogP contribution is -2.21. The fourth-order valence-electron chi connectivity index (χ4n) is 1.92. The summed E-state index contributed by atoms with van der Waals surface area (Å²) < 4.78 is 4.92. The molecule has 2 aromatic rings. The van der Waals surface area contributed by atoms with Crippen molar-refractivity contribution in [1.82, 2.24) is 0 Å². The van der Waals surface area contributed by atoms with E-state index in [0.717, 1.165) is 10.5 Å². The van der Waals surface area contributed by atoms with E-state index in [4.69, 9.17) is 4.74 Å². The van der Waals surface area contributed by atoms with Gasteiger partial charge in [-0.1, -0.05) is 12.1 Å². The van der Waals surface area contributed by atoms with Gasteiger partial charge < -0.3 is 15.2 Å². The summed E-state index contributed by atoms with van der Waals surface area (Å²) in [5.41, 5.74) is 1.49. The maximum atomic E-state index is 11.9. The molecule has 0 heterocycles. The van der Waals surface area contributed by atoms with Crippen molar-refractivity contribution >= 4 is 29.3 Å². The fourth-order valence-corrected chi connectivity index (χ4v) is 2.38. The highest BCUT2D eigenvalue weighted by atomic mass is 32.2. The lowest BCUT2D eigenvalue weighted by Gasteiger charge is -2.08. The molecule has 0 fully saturated rings. The van der Waals surface area contributed by atoms with Gasteiger partial charge in [-0.05, 0) is 49.1 Å². The van der Waals surface area contributed by atoms with Crippen molar-refractivity contribution in [3.05, 3.63) is 53.6 Å². The van der Waals surface area contributed by atoms with E-state index in [1.165, 1.54) is 12.1 Å². The Labute approximate surface area is 138 Å². The standard InChI is InChI=1S/C17H17NO4S/c1-11-6-7-14(15(19)8-11)17(21)22-10-16(20)18-12-4-3-5-13(9-12)23-2/h3-9,19H,10H2,1-2H3,(H,18,20). The normalized spacial score (nSPS) is 10.2. The van der Waals surface area contributed by atoms with Gasteiger partial charge in [0.15, 0.2) is 6.61 Å². The number of benzene rings is 2. The number of aromatic hydroxyl groups is 1. The van der Waals surface area contributed by atoms with Crippen LogP contribution in [-0.4, -0.2) is 29.8 Å². The molecule has 2 aromatic carbocycles. The first-order valence-electron chi connectivity index (χ1n) is 6.90. The lowest BCUT2D eigenvalue weighted by molar-refractivity contribution is -0.119. The summed E-state index contributed by atoms with van der Waals surface area (Å²) in [5, 5.41) is 12.4. The van der Waals surface area contributed by atoms with Crippen LogP contribution in [0.5, 0.6) is 5.75 Å². The number of amides is 1. The Balaban J connectivity index is 1.92. The molecular formula is C17H17NO4S. The van der Waals surface area contributed by atoms with E-state index in [2.05, 4.69) is 5.32 Å². The van der Waals surface area contributed by atoms with Gasteiger partial charge >= 0.3 is 5.97 Å². The number of aryl methyl sites for hydroxylation is 1. The molecule has 6 heteroatoms. The van der Waals surface area contributed by atoms with Crippen LogP contribution in [0.2, 0.25) is 0 Å². The molecule has 0 saturated heterocycles. The van der Waals surface area contributed by atoms with Gasteiger partial charge in [-0.25, -0.2) is 4.79 Å². The Morgan fingerprint density at radius 2 is 2.00 bits per heavy atom. The first kappa shape index (κ1) is 16.9. The second-order valence-corrected chi connectivity index (χ2v) is 5.76. The van der Waals surface area contributed by atoms with Crippen molar-refractivity contribution in [2.45, 2.75) is 11.8 Å². The van der Waals surface area contributed by atoms with Gasteiger partial charge in [0.2, 0.25) is 0 Å². The van der Waals surface area contributed by atoms with Crippen molar-refractivity contribution < 1.29 is 19.4 Å². The molecule has 0 bridgehead atoms. The van der Waals surface area contributed by atoms with Crippen LogP contribution < -0.4 is 5.32 Å². The Kier molecular flexibility index (Phi) is 5.65. The molecular weight excluding hydrogens is 314 g/mol. The van der Waals surface area contributed by atoms with E-state index in [9.17, 15) is 14.7 Å². The van der Waals surface area contributed by atoms with Crippen molar-refractivity contribution in [3.63, 3.8) is 0 Å². The summed E-state index contributed by atoms with van der Waals surface area (Å²) in [4.78, 5) is 24.7. The third-order valence-corrected chi connectivity index (χ3v) is 3.79. The van der Waals surface area contributed by atoms with E-state index in [1.54, 1.807) is 30.8 Å². The Morgan fingerprint density at radius 3 is 2.70 bits per heavy atom. The molecule has 23 heavy (non-hydrogen) atoms. The Hall–Kier alpha value is -2.47. The van der Waals surface area contributed by atoms with Crippen LogP contribution >= 0.6 is 11.8 Å². The number of hydrogen-bond acceptors (Lipinski definition) is 5. The molecule has 0 aliphatic carbocycles. The lowest BCUT2D eigenvalue weighted by atomic mass is 10.1. The number of hydrogen-bond donors (Lipinski definition) is 2. The van der Waals surface area contributed by atoms with Crippen LogP contribution in [0, 0.1) is 6.92 Å². The number of phenols is 1. The van der Waals surface area contributed by atoms with E-state index >= 15 is 0 Å². The monoisotopic (exact) mass is 331 g/mol. The maximum absolute atomic E-state index is 11.9. The highest BCUT2D eigenvalue weighted by Gasteiger charge is 2.14. The van der Waals surface area contributed by atoms with Crippen LogP contribution in [0.4, 0.5) is 5.69 Å². The third kappa shape index (κ3) is 4.75. The molecule has 1 amide bonds. The zero-order valence-electron chi connectivity index (χ0n) is 12.8. The first-order valence-corrected chi connectivity index (χ1v) is 8.12. The zero-order valence-corrected chi connectivity index (χ0v) is 13.6. The molecule has 2 rings (SSSR count). The Morgan fingerprint density at radius 1 is 1.22 bits per heavy atom.